The molecule has 1 aromatic carbocycles. The third kappa shape index (κ3) is 2.37. The molecule has 21 heavy (non-hydrogen) atoms. The molecule has 6 nitrogen and oxygen atoms in total. The molecule has 0 fully saturated rings. The van der Waals surface area contributed by atoms with Gasteiger partial charge in [-0.05, 0) is 32.3 Å². The Morgan fingerprint density at radius 2 is 2.29 bits per heavy atom. The Kier molecular flexibility index (Phi) is 3.37. The molecule has 0 saturated heterocycles. The van der Waals surface area contributed by atoms with Gasteiger partial charge in [0.2, 0.25) is 0 Å². The molecular formula is C15H18N4O2. The van der Waals surface area contributed by atoms with Crippen molar-refractivity contribution in [3.63, 3.8) is 0 Å². The molecular weight excluding hydrogens is 268 g/mol. The molecule has 1 aliphatic rings. The molecule has 3 rings (SSSR count). The first-order valence-electron chi connectivity index (χ1n) is 7.09. The summed E-state index contributed by atoms with van der Waals surface area (Å²) >= 11 is 0. The van der Waals surface area contributed by atoms with Gasteiger partial charge in [0.25, 0.3) is 5.69 Å². The Hall–Kier alpha value is -2.37. The number of fused-ring (bicyclic) bond motifs is 1. The van der Waals surface area contributed by atoms with Crippen LogP contribution in [0.1, 0.15) is 35.7 Å². The first-order valence-corrected chi connectivity index (χ1v) is 7.09. The molecule has 6 heteroatoms. The van der Waals surface area contributed by atoms with Crippen molar-refractivity contribution in [2.24, 2.45) is 7.05 Å². The van der Waals surface area contributed by atoms with E-state index in [1.165, 1.54) is 17.3 Å². The Labute approximate surface area is 122 Å². The SMILES string of the molecule is Cc1c(NC2CCCc3c2cnn3C)cccc1[N+](=O)[O-]. The summed E-state index contributed by atoms with van der Waals surface area (Å²) in [7, 11) is 1.96. The highest BCUT2D eigenvalue weighted by molar-refractivity contribution is 5.60. The topological polar surface area (TPSA) is 73.0 Å². The Morgan fingerprint density at radius 1 is 1.48 bits per heavy atom. The van der Waals surface area contributed by atoms with Gasteiger partial charge in [-0.15, -0.1) is 0 Å². The zero-order valence-electron chi connectivity index (χ0n) is 12.2. The van der Waals surface area contributed by atoms with Gasteiger partial charge in [0, 0.05) is 35.6 Å². The average Bonchev–Trinajstić information content (AvgIpc) is 2.84. The molecule has 0 radical (unpaired) electrons. The van der Waals surface area contributed by atoms with E-state index in [4.69, 9.17) is 0 Å². The van der Waals surface area contributed by atoms with Crippen LogP contribution in [0.25, 0.3) is 0 Å². The van der Waals surface area contributed by atoms with Crippen molar-refractivity contribution in [2.45, 2.75) is 32.2 Å². The van der Waals surface area contributed by atoms with E-state index in [1.807, 2.05) is 24.0 Å². The summed E-state index contributed by atoms with van der Waals surface area (Å²) in [5.74, 6) is 0. The highest BCUT2D eigenvalue weighted by Crippen LogP contribution is 2.34. The molecule has 110 valence electrons. The Morgan fingerprint density at radius 3 is 3.05 bits per heavy atom. The molecule has 1 N–H and O–H groups in total. The van der Waals surface area contributed by atoms with Gasteiger partial charge < -0.3 is 5.32 Å². The lowest BCUT2D eigenvalue weighted by Gasteiger charge is -2.25. The highest BCUT2D eigenvalue weighted by Gasteiger charge is 2.24. The van der Waals surface area contributed by atoms with Crippen LogP contribution < -0.4 is 5.32 Å². The van der Waals surface area contributed by atoms with Crippen LogP contribution in [0.15, 0.2) is 24.4 Å². The number of anilines is 1. The molecule has 0 saturated carbocycles. The van der Waals surface area contributed by atoms with E-state index in [-0.39, 0.29) is 16.7 Å². The van der Waals surface area contributed by atoms with Crippen molar-refractivity contribution < 1.29 is 4.92 Å². The highest BCUT2D eigenvalue weighted by atomic mass is 16.6. The van der Waals surface area contributed by atoms with Gasteiger partial charge in [0.15, 0.2) is 0 Å². The lowest BCUT2D eigenvalue weighted by atomic mass is 9.92. The quantitative estimate of drug-likeness (QED) is 0.695. The Bertz CT molecular complexity index is 693. The number of nitro benzene ring substituents is 1. The van der Waals surface area contributed by atoms with Gasteiger partial charge in [-0.3, -0.25) is 14.8 Å². The van der Waals surface area contributed by atoms with Crippen LogP contribution in [0, 0.1) is 17.0 Å². The molecule has 2 aromatic rings. The second-order valence-corrected chi connectivity index (χ2v) is 5.47. The summed E-state index contributed by atoms with van der Waals surface area (Å²) in [4.78, 5) is 10.7. The summed E-state index contributed by atoms with van der Waals surface area (Å²) in [6, 6.07) is 5.33. The fraction of sp³-hybridized carbons (Fsp3) is 0.400. The molecule has 1 aliphatic carbocycles. The number of rotatable bonds is 3. The van der Waals surface area contributed by atoms with E-state index in [0.29, 0.717) is 5.56 Å². The molecule has 1 unspecified atom stereocenters. The van der Waals surface area contributed by atoms with Crippen molar-refractivity contribution >= 4 is 11.4 Å². The van der Waals surface area contributed by atoms with Crippen molar-refractivity contribution in [1.82, 2.24) is 9.78 Å². The van der Waals surface area contributed by atoms with Gasteiger partial charge in [-0.2, -0.15) is 5.10 Å². The van der Waals surface area contributed by atoms with Gasteiger partial charge in [-0.25, -0.2) is 0 Å². The van der Waals surface area contributed by atoms with Crippen LogP contribution in [0.4, 0.5) is 11.4 Å². The van der Waals surface area contributed by atoms with Crippen LogP contribution >= 0.6 is 0 Å². The minimum atomic E-state index is -0.336. The maximum atomic E-state index is 11.0. The smallest absolute Gasteiger partial charge is 0.274 e. The molecule has 1 aromatic heterocycles. The van der Waals surface area contributed by atoms with Crippen LogP contribution in [-0.4, -0.2) is 14.7 Å². The number of aromatic nitrogens is 2. The first kappa shape index (κ1) is 13.6. The normalized spacial score (nSPS) is 17.3. The second kappa shape index (κ2) is 5.20. The molecule has 1 heterocycles. The summed E-state index contributed by atoms with van der Waals surface area (Å²) in [6.45, 7) is 1.79. The summed E-state index contributed by atoms with van der Waals surface area (Å²) < 4.78 is 1.92. The van der Waals surface area contributed by atoms with Crippen molar-refractivity contribution in [1.29, 1.82) is 0 Å². The van der Waals surface area contributed by atoms with Gasteiger partial charge in [-0.1, -0.05) is 6.07 Å². The van der Waals surface area contributed by atoms with Gasteiger partial charge in [0.05, 0.1) is 17.2 Å². The Balaban J connectivity index is 1.92. The monoisotopic (exact) mass is 286 g/mol. The summed E-state index contributed by atoms with van der Waals surface area (Å²) in [5, 5.41) is 18.8. The number of nitro groups is 1. The molecule has 0 amide bonds. The van der Waals surface area contributed by atoms with Gasteiger partial charge in [0.1, 0.15) is 0 Å². The summed E-state index contributed by atoms with van der Waals surface area (Å²) in [5.41, 5.74) is 4.11. The fourth-order valence-electron chi connectivity index (χ4n) is 3.02. The van der Waals surface area contributed by atoms with E-state index >= 15 is 0 Å². The van der Waals surface area contributed by atoms with E-state index in [2.05, 4.69) is 10.4 Å². The van der Waals surface area contributed by atoms with Crippen LogP contribution in [0.2, 0.25) is 0 Å². The third-order valence-electron chi connectivity index (χ3n) is 4.21. The van der Waals surface area contributed by atoms with E-state index in [1.54, 1.807) is 13.0 Å². The number of nitrogens with one attached hydrogen (secondary N) is 1. The molecule has 0 aliphatic heterocycles. The predicted molar refractivity (Wildman–Crippen MR) is 80.3 cm³/mol. The largest absolute Gasteiger partial charge is 0.378 e. The minimum Gasteiger partial charge on any atom is -0.378 e. The third-order valence-corrected chi connectivity index (χ3v) is 4.21. The lowest BCUT2D eigenvalue weighted by molar-refractivity contribution is -0.385. The fourth-order valence-corrected chi connectivity index (χ4v) is 3.02. The number of benzene rings is 1. The van der Waals surface area contributed by atoms with E-state index in [9.17, 15) is 10.1 Å². The minimum absolute atomic E-state index is 0.155. The van der Waals surface area contributed by atoms with Crippen LogP contribution in [0.5, 0.6) is 0 Å². The predicted octanol–water partition coefficient (Wildman–Crippen LogP) is 3.13. The van der Waals surface area contributed by atoms with Gasteiger partial charge >= 0.3 is 0 Å². The maximum Gasteiger partial charge on any atom is 0.274 e. The second-order valence-electron chi connectivity index (χ2n) is 5.47. The van der Waals surface area contributed by atoms with E-state index in [0.717, 1.165) is 24.9 Å². The molecule has 0 spiro atoms. The van der Waals surface area contributed by atoms with Crippen molar-refractivity contribution in [3.05, 3.63) is 51.3 Å². The molecule has 0 bridgehead atoms. The number of aryl methyl sites for hydroxylation is 1. The number of hydrogen-bond acceptors (Lipinski definition) is 4. The van der Waals surface area contributed by atoms with Crippen molar-refractivity contribution in [2.75, 3.05) is 5.32 Å². The van der Waals surface area contributed by atoms with Crippen LogP contribution in [-0.2, 0) is 13.5 Å². The lowest BCUT2D eigenvalue weighted by Crippen LogP contribution is -2.18. The van der Waals surface area contributed by atoms with Crippen molar-refractivity contribution in [3.8, 4) is 0 Å². The zero-order chi connectivity index (χ0) is 15.0. The first-order chi connectivity index (χ1) is 10.1. The number of hydrogen-bond donors (Lipinski definition) is 1. The standard InChI is InChI=1S/C15H18N4O2/c1-10-12(5-3-7-14(10)19(20)21)17-13-6-4-8-15-11(13)9-16-18(15)2/h3,5,7,9,13,17H,4,6,8H2,1-2H3. The van der Waals surface area contributed by atoms with E-state index < -0.39 is 0 Å². The maximum absolute atomic E-state index is 11.0. The summed E-state index contributed by atoms with van der Waals surface area (Å²) in [6.07, 6.45) is 5.05. The molecule has 1 atom stereocenters. The van der Waals surface area contributed by atoms with Crippen LogP contribution in [0.3, 0.4) is 0 Å². The number of nitrogens with zero attached hydrogens (tertiary/aromatic N) is 3. The zero-order valence-corrected chi connectivity index (χ0v) is 12.2. The average molecular weight is 286 g/mol.